The lowest BCUT2D eigenvalue weighted by Crippen LogP contribution is -2.31. The lowest BCUT2D eigenvalue weighted by Gasteiger charge is -2.13. The first-order chi connectivity index (χ1) is 13.0. The van der Waals surface area contributed by atoms with Crippen molar-refractivity contribution in [1.29, 1.82) is 0 Å². The van der Waals surface area contributed by atoms with E-state index in [0.717, 1.165) is 10.4 Å². The van der Waals surface area contributed by atoms with Crippen LogP contribution in [-0.2, 0) is 14.3 Å². The number of allylic oxidation sites excluding steroid dienone is 1. The van der Waals surface area contributed by atoms with E-state index in [0.29, 0.717) is 11.5 Å². The highest BCUT2D eigenvalue weighted by Crippen LogP contribution is 2.28. The van der Waals surface area contributed by atoms with Gasteiger partial charge in [-0.2, -0.15) is 0 Å². The van der Waals surface area contributed by atoms with Crippen molar-refractivity contribution >= 4 is 29.3 Å². The minimum Gasteiger partial charge on any atom is -0.493 e. The van der Waals surface area contributed by atoms with Gasteiger partial charge in [0.1, 0.15) is 0 Å². The topological polar surface area (TPSA) is 73.9 Å². The minimum absolute atomic E-state index is 0.132. The molecule has 144 valence electrons. The summed E-state index contributed by atoms with van der Waals surface area (Å²) >= 11 is 1.55. The molecule has 0 fully saturated rings. The van der Waals surface area contributed by atoms with Crippen molar-refractivity contribution in [1.82, 2.24) is 5.32 Å². The third-order valence-electron chi connectivity index (χ3n) is 3.60. The average molecular weight is 389 g/mol. The van der Waals surface area contributed by atoms with Crippen LogP contribution in [0.5, 0.6) is 11.5 Å². The van der Waals surface area contributed by atoms with Crippen LogP contribution >= 0.6 is 11.3 Å². The number of ether oxygens (including phenoxy) is 3. The van der Waals surface area contributed by atoms with Gasteiger partial charge in [-0.25, -0.2) is 4.79 Å². The first-order valence-corrected chi connectivity index (χ1v) is 9.33. The summed E-state index contributed by atoms with van der Waals surface area (Å²) in [6.45, 7) is 3.13. The lowest BCUT2D eigenvalue weighted by atomic mass is 10.2. The second-order valence-electron chi connectivity index (χ2n) is 5.66. The predicted octanol–water partition coefficient (Wildman–Crippen LogP) is 3.59. The Balaban J connectivity index is 1.78. The van der Waals surface area contributed by atoms with E-state index in [9.17, 15) is 9.59 Å². The fourth-order valence-corrected chi connectivity index (χ4v) is 3.05. The zero-order chi connectivity index (χ0) is 19.6. The van der Waals surface area contributed by atoms with Gasteiger partial charge in [-0.15, -0.1) is 11.3 Å². The first-order valence-electron chi connectivity index (χ1n) is 8.45. The second kappa shape index (κ2) is 10.4. The van der Waals surface area contributed by atoms with Gasteiger partial charge in [-0.05, 0) is 43.0 Å². The van der Waals surface area contributed by atoms with Crippen molar-refractivity contribution in [3.63, 3.8) is 0 Å². The third kappa shape index (κ3) is 6.45. The molecule has 7 heteroatoms. The second-order valence-corrected chi connectivity index (χ2v) is 6.64. The molecule has 0 bridgehead atoms. The van der Waals surface area contributed by atoms with Crippen molar-refractivity contribution in [2.24, 2.45) is 0 Å². The molecule has 0 saturated heterocycles. The Morgan fingerprint density at radius 3 is 2.70 bits per heavy atom. The average Bonchev–Trinajstić information content (AvgIpc) is 3.20. The van der Waals surface area contributed by atoms with Crippen LogP contribution in [0.15, 0.2) is 41.8 Å². The van der Waals surface area contributed by atoms with Crippen molar-refractivity contribution in [2.45, 2.75) is 19.9 Å². The Morgan fingerprint density at radius 2 is 2.04 bits per heavy atom. The van der Waals surface area contributed by atoms with E-state index in [2.05, 4.69) is 5.32 Å². The van der Waals surface area contributed by atoms with Gasteiger partial charge in [-0.3, -0.25) is 4.79 Å². The van der Waals surface area contributed by atoms with E-state index in [1.54, 1.807) is 23.5 Å². The van der Waals surface area contributed by atoms with Gasteiger partial charge in [-0.1, -0.05) is 24.3 Å². The van der Waals surface area contributed by atoms with Crippen molar-refractivity contribution < 1.29 is 23.8 Å². The summed E-state index contributed by atoms with van der Waals surface area (Å²) in [5.74, 6) is -0.0505. The summed E-state index contributed by atoms with van der Waals surface area (Å²) in [6.07, 6.45) is 3.84. The van der Waals surface area contributed by atoms with Crippen LogP contribution < -0.4 is 14.8 Å². The van der Waals surface area contributed by atoms with Gasteiger partial charge in [0.25, 0.3) is 5.91 Å². The van der Waals surface area contributed by atoms with Gasteiger partial charge in [0.05, 0.1) is 13.2 Å². The molecule has 0 radical (unpaired) electrons. The molecule has 0 aliphatic rings. The molecule has 1 aromatic heterocycles. The summed E-state index contributed by atoms with van der Waals surface area (Å²) < 4.78 is 15.7. The number of benzene rings is 1. The molecular formula is C20H23NO5S. The van der Waals surface area contributed by atoms with Crippen LogP contribution in [0.3, 0.4) is 0 Å². The number of carbonyl (C=O) groups excluding carboxylic acids is 2. The molecular weight excluding hydrogens is 366 g/mol. The Hall–Kier alpha value is -2.80. The van der Waals surface area contributed by atoms with E-state index in [1.165, 1.54) is 7.11 Å². The fourth-order valence-electron chi connectivity index (χ4n) is 2.32. The van der Waals surface area contributed by atoms with E-state index in [4.69, 9.17) is 14.2 Å². The Bertz CT molecular complexity index is 786. The molecule has 1 N–H and O–H groups in total. The molecule has 1 atom stereocenters. The number of rotatable bonds is 9. The number of hydrogen-bond acceptors (Lipinski definition) is 6. The lowest BCUT2D eigenvalue weighted by molar-refractivity contribution is -0.150. The van der Waals surface area contributed by atoms with E-state index >= 15 is 0 Å². The van der Waals surface area contributed by atoms with Crippen LogP contribution in [0.2, 0.25) is 0 Å². The predicted molar refractivity (Wildman–Crippen MR) is 105 cm³/mol. The molecule has 6 nitrogen and oxygen atoms in total. The van der Waals surface area contributed by atoms with Crippen LogP contribution in [0.4, 0.5) is 0 Å². The smallest absolute Gasteiger partial charge is 0.344 e. The first kappa shape index (κ1) is 20.5. The summed E-state index contributed by atoms with van der Waals surface area (Å²) in [5.41, 5.74) is 0.959. The van der Waals surface area contributed by atoms with E-state index in [1.807, 2.05) is 49.6 Å². The zero-order valence-corrected chi connectivity index (χ0v) is 16.4. The zero-order valence-electron chi connectivity index (χ0n) is 15.6. The summed E-state index contributed by atoms with van der Waals surface area (Å²) in [4.78, 5) is 24.7. The molecule has 2 rings (SSSR count). The van der Waals surface area contributed by atoms with E-state index in [-0.39, 0.29) is 25.2 Å². The van der Waals surface area contributed by atoms with Gasteiger partial charge in [0.15, 0.2) is 24.7 Å². The van der Waals surface area contributed by atoms with Crippen molar-refractivity contribution in [2.75, 3.05) is 20.3 Å². The Labute approximate surface area is 162 Å². The molecule has 0 aliphatic heterocycles. The number of amides is 1. The molecule has 0 aliphatic carbocycles. The standard InChI is InChI=1S/C20H23NO5S/c1-4-6-15-8-9-16(17(11-15)24-3)25-13-20(23)26-12-19(22)21-14(2)18-7-5-10-27-18/h4-11,14H,12-13H2,1-3H3,(H,21,22)/b6-4+/t14-/m1/s1. The van der Waals surface area contributed by atoms with Crippen LogP contribution in [0.1, 0.15) is 30.3 Å². The van der Waals surface area contributed by atoms with E-state index < -0.39 is 5.97 Å². The van der Waals surface area contributed by atoms with Gasteiger partial charge in [0.2, 0.25) is 0 Å². The Kier molecular flexibility index (Phi) is 7.88. The molecule has 1 amide bonds. The molecule has 0 unspecified atom stereocenters. The molecule has 0 spiro atoms. The summed E-state index contributed by atoms with van der Waals surface area (Å²) in [7, 11) is 1.53. The SMILES string of the molecule is C/C=C/c1ccc(OCC(=O)OCC(=O)N[C@H](C)c2cccs2)c(OC)c1. The number of thiophene rings is 1. The monoisotopic (exact) mass is 389 g/mol. The fraction of sp³-hybridized carbons (Fsp3) is 0.300. The Morgan fingerprint density at radius 1 is 1.22 bits per heavy atom. The summed E-state index contributed by atoms with van der Waals surface area (Å²) in [6, 6.07) is 9.09. The number of esters is 1. The maximum atomic E-state index is 11.9. The van der Waals surface area contributed by atoms with Crippen molar-refractivity contribution in [3.8, 4) is 11.5 Å². The molecule has 1 heterocycles. The van der Waals surface area contributed by atoms with Gasteiger partial charge >= 0.3 is 5.97 Å². The highest BCUT2D eigenvalue weighted by molar-refractivity contribution is 7.10. The number of methoxy groups -OCH3 is 1. The molecule has 0 saturated carbocycles. The third-order valence-corrected chi connectivity index (χ3v) is 4.66. The normalized spacial score (nSPS) is 11.8. The largest absolute Gasteiger partial charge is 0.493 e. The number of hydrogen-bond donors (Lipinski definition) is 1. The molecule has 2 aromatic rings. The van der Waals surface area contributed by atoms with Crippen LogP contribution in [-0.4, -0.2) is 32.2 Å². The number of carbonyl (C=O) groups is 2. The molecule has 1 aromatic carbocycles. The maximum absolute atomic E-state index is 11.9. The molecule has 27 heavy (non-hydrogen) atoms. The van der Waals surface area contributed by atoms with Crippen LogP contribution in [0, 0.1) is 0 Å². The van der Waals surface area contributed by atoms with Gasteiger partial charge in [0, 0.05) is 4.88 Å². The van der Waals surface area contributed by atoms with Crippen molar-refractivity contribution in [3.05, 3.63) is 52.2 Å². The van der Waals surface area contributed by atoms with Crippen LogP contribution in [0.25, 0.3) is 6.08 Å². The highest BCUT2D eigenvalue weighted by Gasteiger charge is 2.14. The quantitative estimate of drug-likeness (QED) is 0.664. The highest BCUT2D eigenvalue weighted by atomic mass is 32.1. The minimum atomic E-state index is -0.631. The number of nitrogens with one attached hydrogen (secondary N) is 1. The summed E-state index contributed by atoms with van der Waals surface area (Å²) in [5, 5.41) is 4.71. The van der Waals surface area contributed by atoms with Gasteiger partial charge < -0.3 is 19.5 Å². The maximum Gasteiger partial charge on any atom is 0.344 e.